The van der Waals surface area contributed by atoms with Gasteiger partial charge in [-0.05, 0) is 60.0 Å². The third kappa shape index (κ3) is 6.32. The predicted octanol–water partition coefficient (Wildman–Crippen LogP) is 4.20. The molecule has 238 valence electrons. The molecule has 0 spiro atoms. The van der Waals surface area contributed by atoms with Crippen molar-refractivity contribution in [2.45, 2.75) is 15.8 Å². The molecule has 11 nitrogen and oxygen atoms in total. The average molecular weight is 681 g/mol. The molecule has 45 heavy (non-hydrogen) atoms. The predicted molar refractivity (Wildman–Crippen MR) is 163 cm³/mol. The Morgan fingerprint density at radius 1 is 0.956 bits per heavy atom. The van der Waals surface area contributed by atoms with Crippen LogP contribution in [-0.2, 0) is 24.8 Å². The van der Waals surface area contributed by atoms with E-state index in [0.29, 0.717) is 32.2 Å². The zero-order chi connectivity index (χ0) is 32.7. The first-order valence-corrected chi connectivity index (χ1v) is 16.6. The molecule has 1 saturated heterocycles. The molecule has 16 heteroatoms. The number of hydrogen-bond donors (Lipinski definition) is 2. The van der Waals surface area contributed by atoms with Crippen LogP contribution in [0.1, 0.15) is 0 Å². The monoisotopic (exact) mass is 680 g/mol. The Morgan fingerprint density at radius 3 is 2.24 bits per heavy atom. The van der Waals surface area contributed by atoms with Crippen LogP contribution in [0.4, 0.5) is 14.5 Å². The lowest BCUT2D eigenvalue weighted by Gasteiger charge is -2.38. The van der Waals surface area contributed by atoms with E-state index >= 15 is 8.78 Å². The highest BCUT2D eigenvalue weighted by molar-refractivity contribution is 7.89. The Morgan fingerprint density at radius 2 is 1.62 bits per heavy atom. The zero-order valence-corrected chi connectivity index (χ0v) is 26.2. The molecule has 1 aliphatic rings. The average Bonchev–Trinajstić information content (AvgIpc) is 3.02. The number of hydroxylamine groups is 1. The van der Waals surface area contributed by atoms with E-state index in [9.17, 15) is 26.8 Å². The van der Waals surface area contributed by atoms with Gasteiger partial charge < -0.3 is 9.64 Å². The summed E-state index contributed by atoms with van der Waals surface area (Å²) >= 11 is 5.81. The molecule has 0 unspecified atom stereocenters. The number of sulfonamides is 2. The summed E-state index contributed by atoms with van der Waals surface area (Å²) in [5.41, 5.74) is 2.20. The lowest BCUT2D eigenvalue weighted by Crippen LogP contribution is -2.61. The first kappa shape index (κ1) is 32.5. The first-order chi connectivity index (χ1) is 21.2. The van der Waals surface area contributed by atoms with E-state index < -0.39 is 73.9 Å². The molecule has 0 saturated carbocycles. The van der Waals surface area contributed by atoms with Gasteiger partial charge in [-0.15, -0.1) is 0 Å². The molecule has 4 aromatic rings. The van der Waals surface area contributed by atoms with Crippen LogP contribution in [0.25, 0.3) is 10.8 Å². The fourth-order valence-corrected chi connectivity index (χ4v) is 8.33. The van der Waals surface area contributed by atoms with Crippen LogP contribution in [0.2, 0.25) is 5.02 Å². The van der Waals surface area contributed by atoms with Gasteiger partial charge in [0.15, 0.2) is 17.4 Å². The van der Waals surface area contributed by atoms with Crippen LogP contribution in [0.15, 0.2) is 82.6 Å². The summed E-state index contributed by atoms with van der Waals surface area (Å²) in [7, 11) is -5.41. The number of anilines is 1. The van der Waals surface area contributed by atoms with E-state index in [1.165, 1.54) is 35.8 Å². The van der Waals surface area contributed by atoms with E-state index in [1.54, 1.807) is 24.3 Å². The number of rotatable bonds is 8. The summed E-state index contributed by atoms with van der Waals surface area (Å²) in [6.07, 6.45) is 0. The number of carbonyl (C=O) groups is 1. The second-order valence-electron chi connectivity index (χ2n) is 10.3. The minimum absolute atomic E-state index is 0.0363. The molecule has 0 bridgehead atoms. The number of halogens is 3. The van der Waals surface area contributed by atoms with Gasteiger partial charge in [-0.2, -0.15) is 8.61 Å². The highest BCUT2D eigenvalue weighted by Crippen LogP contribution is 2.34. The minimum Gasteiger partial charge on any atom is -0.451 e. The molecule has 4 aromatic carbocycles. The van der Waals surface area contributed by atoms with E-state index in [2.05, 4.69) is 0 Å². The van der Waals surface area contributed by atoms with Gasteiger partial charge in [0.05, 0.1) is 9.79 Å². The van der Waals surface area contributed by atoms with Crippen molar-refractivity contribution in [3.05, 3.63) is 89.5 Å². The third-order valence-corrected chi connectivity index (χ3v) is 11.3. The molecule has 1 heterocycles. The number of ether oxygens (including phenoxy) is 1. The normalized spacial score (nSPS) is 16.4. The van der Waals surface area contributed by atoms with Crippen molar-refractivity contribution in [2.24, 2.45) is 0 Å². The van der Waals surface area contributed by atoms with Crippen molar-refractivity contribution >= 4 is 54.0 Å². The van der Waals surface area contributed by atoms with Crippen LogP contribution in [-0.4, -0.2) is 76.3 Å². The smallest absolute Gasteiger partial charge is 0.263 e. The highest BCUT2D eigenvalue weighted by atomic mass is 35.5. The molecule has 5 rings (SSSR count). The van der Waals surface area contributed by atoms with Gasteiger partial charge in [-0.3, -0.25) is 10.0 Å². The van der Waals surface area contributed by atoms with E-state index in [-0.39, 0.29) is 10.6 Å². The maximum absolute atomic E-state index is 15.0. The van der Waals surface area contributed by atoms with Crippen molar-refractivity contribution in [1.82, 2.24) is 14.1 Å². The molecule has 0 aromatic heterocycles. The van der Waals surface area contributed by atoms with Crippen LogP contribution < -0.4 is 15.1 Å². The summed E-state index contributed by atoms with van der Waals surface area (Å²) in [5.74, 6) is -4.77. The fourth-order valence-electron chi connectivity index (χ4n) is 4.96. The quantitative estimate of drug-likeness (QED) is 0.209. The Kier molecular flexibility index (Phi) is 9.04. The second-order valence-corrected chi connectivity index (χ2v) is 14.5. The largest absolute Gasteiger partial charge is 0.451 e. The number of nitrogens with zero attached hydrogens (tertiary/aromatic N) is 3. The number of nitrogens with one attached hydrogen (secondary N) is 1. The highest BCUT2D eigenvalue weighted by Gasteiger charge is 2.44. The molecular formula is C29H27ClF2N4O7S2. The summed E-state index contributed by atoms with van der Waals surface area (Å²) in [6.45, 7) is -1.66. The maximum atomic E-state index is 15.0. The van der Waals surface area contributed by atoms with Gasteiger partial charge in [-0.25, -0.2) is 31.1 Å². The van der Waals surface area contributed by atoms with Gasteiger partial charge in [0.25, 0.3) is 5.91 Å². The number of carbonyl (C=O) groups excluding carboxylic acids is 1. The molecule has 1 amide bonds. The molecule has 2 N–H and O–H groups in total. The van der Waals surface area contributed by atoms with Gasteiger partial charge >= 0.3 is 0 Å². The lowest BCUT2D eigenvalue weighted by molar-refractivity contribution is -0.134. The zero-order valence-electron chi connectivity index (χ0n) is 23.8. The summed E-state index contributed by atoms with van der Waals surface area (Å²) in [5, 5.41) is 10.8. The van der Waals surface area contributed by atoms with Gasteiger partial charge in [0.2, 0.25) is 20.0 Å². The molecule has 1 fully saturated rings. The summed E-state index contributed by atoms with van der Waals surface area (Å²) in [4.78, 5) is 13.7. The number of benzene rings is 4. The van der Waals surface area contributed by atoms with Crippen LogP contribution in [0.5, 0.6) is 11.5 Å². The third-order valence-electron chi connectivity index (χ3n) is 7.28. The Hall–Kier alpha value is -3.86. The van der Waals surface area contributed by atoms with Gasteiger partial charge in [-0.1, -0.05) is 29.8 Å². The molecule has 1 atom stereocenters. The van der Waals surface area contributed by atoms with E-state index in [0.717, 1.165) is 9.99 Å². The second kappa shape index (κ2) is 12.5. The standard InChI is InChI=1S/C29H27ClF2N4O7S2/c1-34(2)20-8-11-23-18(14-20)4-3-5-27(23)45(41,42)35-12-13-36(26(17-35)29(37)33-38)44(39,40)22-15-24(31)28(25(32)16-22)43-21-9-6-19(30)7-10-21/h3-11,14-16,26,38H,12-13,17H2,1-2H3,(H,33,37)/t26-/m0/s1. The van der Waals surface area contributed by atoms with Crippen molar-refractivity contribution in [2.75, 3.05) is 38.6 Å². The van der Waals surface area contributed by atoms with Crippen LogP contribution in [0.3, 0.4) is 0 Å². The fraction of sp³-hybridized carbons (Fsp3) is 0.207. The van der Waals surface area contributed by atoms with E-state index in [1.807, 2.05) is 25.1 Å². The van der Waals surface area contributed by atoms with Crippen molar-refractivity contribution in [3.8, 4) is 11.5 Å². The number of hydrogen-bond acceptors (Lipinski definition) is 8. The van der Waals surface area contributed by atoms with Crippen molar-refractivity contribution in [1.29, 1.82) is 0 Å². The van der Waals surface area contributed by atoms with Crippen LogP contribution >= 0.6 is 11.6 Å². The minimum atomic E-state index is -4.81. The van der Waals surface area contributed by atoms with E-state index in [4.69, 9.17) is 16.3 Å². The topological polar surface area (TPSA) is 137 Å². The maximum Gasteiger partial charge on any atom is 0.263 e. The Balaban J connectivity index is 1.45. The van der Waals surface area contributed by atoms with Gasteiger partial charge in [0, 0.05) is 49.8 Å². The molecule has 0 radical (unpaired) electrons. The summed E-state index contributed by atoms with van der Waals surface area (Å²) in [6, 6.07) is 14.8. The lowest BCUT2D eigenvalue weighted by atomic mass is 10.1. The van der Waals surface area contributed by atoms with Crippen molar-refractivity contribution < 1.29 is 40.4 Å². The van der Waals surface area contributed by atoms with Crippen LogP contribution in [0, 0.1) is 11.6 Å². The molecular weight excluding hydrogens is 654 g/mol. The van der Waals surface area contributed by atoms with Crippen molar-refractivity contribution in [3.63, 3.8) is 0 Å². The SMILES string of the molecule is CN(C)c1ccc2c(S(=O)(=O)N3CCN(S(=O)(=O)c4cc(F)c(Oc5ccc(Cl)cc5)c(F)c4)[C@H](C(=O)NO)C3)cccc2c1. The number of piperazine rings is 1. The molecule has 1 aliphatic heterocycles. The number of amides is 1. The summed E-state index contributed by atoms with van der Waals surface area (Å²) < 4.78 is 91.7. The Labute approximate surface area is 263 Å². The Bertz CT molecular complexity index is 1970. The van der Waals surface area contributed by atoms with Gasteiger partial charge in [0.1, 0.15) is 11.8 Å². The molecule has 0 aliphatic carbocycles. The number of fused-ring (bicyclic) bond motifs is 1. The first-order valence-electron chi connectivity index (χ1n) is 13.3.